The molecule has 0 aliphatic heterocycles. The SMILES string of the molecule is COc1cccc(NC(=O)Cn2c(C)cc(-c3nnc(-c4ccco4)o3)c2C)c1. The van der Waals surface area contributed by atoms with Crippen LogP contribution in [-0.4, -0.2) is 27.8 Å². The number of benzene rings is 1. The van der Waals surface area contributed by atoms with Gasteiger partial charge in [0.05, 0.1) is 18.9 Å². The molecular formula is C21H20N4O4. The zero-order valence-corrected chi connectivity index (χ0v) is 16.3. The van der Waals surface area contributed by atoms with Crippen molar-refractivity contribution in [2.24, 2.45) is 0 Å². The number of hydrogen-bond acceptors (Lipinski definition) is 6. The molecule has 8 nitrogen and oxygen atoms in total. The third-order valence-electron chi connectivity index (χ3n) is 4.62. The van der Waals surface area contributed by atoms with Gasteiger partial charge in [0.15, 0.2) is 5.76 Å². The molecule has 3 aromatic heterocycles. The van der Waals surface area contributed by atoms with Crippen LogP contribution in [0.15, 0.2) is 57.6 Å². The number of ether oxygens (including phenoxy) is 1. The number of aryl methyl sites for hydroxylation is 1. The molecule has 0 saturated carbocycles. The molecule has 4 rings (SSSR count). The third-order valence-corrected chi connectivity index (χ3v) is 4.62. The molecule has 0 spiro atoms. The van der Waals surface area contributed by atoms with Crippen LogP contribution in [0, 0.1) is 13.8 Å². The summed E-state index contributed by atoms with van der Waals surface area (Å²) in [6.07, 6.45) is 1.55. The highest BCUT2D eigenvalue weighted by molar-refractivity contribution is 5.91. The van der Waals surface area contributed by atoms with Gasteiger partial charge in [0.25, 0.3) is 5.89 Å². The van der Waals surface area contributed by atoms with E-state index in [1.54, 1.807) is 31.6 Å². The van der Waals surface area contributed by atoms with Gasteiger partial charge in [-0.2, -0.15) is 0 Å². The number of nitrogens with zero attached hydrogens (tertiary/aromatic N) is 3. The molecule has 1 N–H and O–H groups in total. The van der Waals surface area contributed by atoms with Crippen LogP contribution in [0.25, 0.3) is 23.1 Å². The van der Waals surface area contributed by atoms with Crippen LogP contribution >= 0.6 is 0 Å². The summed E-state index contributed by atoms with van der Waals surface area (Å²) >= 11 is 0. The summed E-state index contributed by atoms with van der Waals surface area (Å²) in [5.41, 5.74) is 3.23. The van der Waals surface area contributed by atoms with E-state index in [9.17, 15) is 4.79 Å². The molecular weight excluding hydrogens is 372 g/mol. The van der Waals surface area contributed by atoms with Crippen LogP contribution in [-0.2, 0) is 11.3 Å². The average molecular weight is 392 g/mol. The Morgan fingerprint density at radius 1 is 1.14 bits per heavy atom. The zero-order chi connectivity index (χ0) is 20.4. The number of hydrogen-bond donors (Lipinski definition) is 1. The molecule has 1 amide bonds. The Balaban J connectivity index is 1.53. The van der Waals surface area contributed by atoms with E-state index in [0.717, 1.165) is 17.0 Å². The molecule has 0 bridgehead atoms. The summed E-state index contributed by atoms with van der Waals surface area (Å²) in [5, 5.41) is 11.0. The van der Waals surface area contributed by atoms with Crippen molar-refractivity contribution in [1.29, 1.82) is 0 Å². The molecule has 8 heteroatoms. The molecule has 29 heavy (non-hydrogen) atoms. The highest BCUT2D eigenvalue weighted by atomic mass is 16.5. The van der Waals surface area contributed by atoms with E-state index in [-0.39, 0.29) is 12.5 Å². The average Bonchev–Trinajstić information content (AvgIpc) is 3.45. The lowest BCUT2D eigenvalue weighted by Gasteiger charge is -2.11. The second-order valence-corrected chi connectivity index (χ2v) is 6.54. The first kappa shape index (κ1) is 18.5. The number of aromatic nitrogens is 3. The highest BCUT2D eigenvalue weighted by Gasteiger charge is 2.19. The quantitative estimate of drug-likeness (QED) is 0.532. The first-order valence-electron chi connectivity index (χ1n) is 9.03. The topological polar surface area (TPSA) is 95.3 Å². The van der Waals surface area contributed by atoms with Gasteiger partial charge in [-0.05, 0) is 44.2 Å². The van der Waals surface area contributed by atoms with Crippen molar-refractivity contribution in [2.45, 2.75) is 20.4 Å². The van der Waals surface area contributed by atoms with Gasteiger partial charge >= 0.3 is 0 Å². The minimum absolute atomic E-state index is 0.145. The van der Waals surface area contributed by atoms with E-state index in [4.69, 9.17) is 13.6 Å². The molecule has 4 aromatic rings. The Hall–Kier alpha value is -3.81. The van der Waals surface area contributed by atoms with Crippen LogP contribution in [0.2, 0.25) is 0 Å². The number of amides is 1. The van der Waals surface area contributed by atoms with Gasteiger partial charge < -0.3 is 23.5 Å². The normalized spacial score (nSPS) is 10.9. The molecule has 0 radical (unpaired) electrons. The zero-order valence-electron chi connectivity index (χ0n) is 16.3. The number of anilines is 1. The molecule has 0 aliphatic rings. The lowest BCUT2D eigenvalue weighted by Crippen LogP contribution is -2.20. The number of methoxy groups -OCH3 is 1. The summed E-state index contributed by atoms with van der Waals surface area (Å²) in [6.45, 7) is 4.01. The summed E-state index contributed by atoms with van der Waals surface area (Å²) in [5.74, 6) is 1.74. The lowest BCUT2D eigenvalue weighted by atomic mass is 10.2. The van der Waals surface area contributed by atoms with Crippen molar-refractivity contribution in [3.8, 4) is 28.9 Å². The van der Waals surface area contributed by atoms with E-state index in [1.807, 2.05) is 42.7 Å². The smallest absolute Gasteiger partial charge is 0.283 e. The summed E-state index contributed by atoms with van der Waals surface area (Å²) in [6, 6.07) is 12.7. The fraction of sp³-hybridized carbons (Fsp3) is 0.190. The van der Waals surface area contributed by atoms with Crippen LogP contribution in [0.4, 0.5) is 5.69 Å². The van der Waals surface area contributed by atoms with Crippen LogP contribution < -0.4 is 10.1 Å². The maximum atomic E-state index is 12.6. The van der Waals surface area contributed by atoms with Crippen molar-refractivity contribution >= 4 is 11.6 Å². The third kappa shape index (κ3) is 3.77. The summed E-state index contributed by atoms with van der Waals surface area (Å²) in [4.78, 5) is 12.6. The van der Waals surface area contributed by atoms with Crippen molar-refractivity contribution in [2.75, 3.05) is 12.4 Å². The Kier molecular flexibility index (Phi) is 4.90. The van der Waals surface area contributed by atoms with E-state index in [1.165, 1.54) is 0 Å². The van der Waals surface area contributed by atoms with Gasteiger partial charge in [-0.1, -0.05) is 6.07 Å². The minimum atomic E-state index is -0.145. The van der Waals surface area contributed by atoms with Gasteiger partial charge in [0.2, 0.25) is 11.8 Å². The van der Waals surface area contributed by atoms with Crippen molar-refractivity contribution in [1.82, 2.24) is 14.8 Å². The van der Waals surface area contributed by atoms with Crippen molar-refractivity contribution in [3.63, 3.8) is 0 Å². The number of carbonyl (C=O) groups excluding carboxylic acids is 1. The molecule has 0 atom stereocenters. The molecule has 0 saturated heterocycles. The van der Waals surface area contributed by atoms with Gasteiger partial charge in [-0.15, -0.1) is 10.2 Å². The summed E-state index contributed by atoms with van der Waals surface area (Å²) in [7, 11) is 1.59. The predicted octanol–water partition coefficient (Wildman–Crippen LogP) is 4.06. The highest BCUT2D eigenvalue weighted by Crippen LogP contribution is 2.29. The number of furan rings is 1. The Morgan fingerprint density at radius 3 is 2.72 bits per heavy atom. The number of rotatable bonds is 6. The Labute approximate surface area is 167 Å². The lowest BCUT2D eigenvalue weighted by molar-refractivity contribution is -0.116. The molecule has 3 heterocycles. The van der Waals surface area contributed by atoms with Crippen LogP contribution in [0.1, 0.15) is 11.4 Å². The number of nitrogens with one attached hydrogen (secondary N) is 1. The van der Waals surface area contributed by atoms with E-state index in [2.05, 4.69) is 15.5 Å². The van der Waals surface area contributed by atoms with Crippen LogP contribution in [0.5, 0.6) is 5.75 Å². The van der Waals surface area contributed by atoms with Crippen LogP contribution in [0.3, 0.4) is 0 Å². The van der Waals surface area contributed by atoms with Crippen molar-refractivity contribution in [3.05, 3.63) is 60.1 Å². The first-order chi connectivity index (χ1) is 14.0. The predicted molar refractivity (Wildman–Crippen MR) is 107 cm³/mol. The minimum Gasteiger partial charge on any atom is -0.497 e. The molecule has 0 fully saturated rings. The molecule has 0 unspecified atom stereocenters. The molecule has 0 aliphatic carbocycles. The second kappa shape index (κ2) is 7.67. The monoisotopic (exact) mass is 392 g/mol. The molecule has 148 valence electrons. The van der Waals surface area contributed by atoms with E-state index < -0.39 is 0 Å². The first-order valence-corrected chi connectivity index (χ1v) is 9.03. The largest absolute Gasteiger partial charge is 0.497 e. The second-order valence-electron chi connectivity index (χ2n) is 6.54. The van der Waals surface area contributed by atoms with E-state index >= 15 is 0 Å². The van der Waals surface area contributed by atoms with Gasteiger partial charge in [-0.3, -0.25) is 4.79 Å². The van der Waals surface area contributed by atoms with Gasteiger partial charge in [0.1, 0.15) is 12.3 Å². The summed E-state index contributed by atoms with van der Waals surface area (Å²) < 4.78 is 18.1. The standard InChI is InChI=1S/C21H20N4O4/c1-13-10-17(20-23-24-21(29-20)18-8-5-9-28-18)14(2)25(13)12-19(26)22-15-6-4-7-16(11-15)27-3/h4-11H,12H2,1-3H3,(H,22,26). The fourth-order valence-corrected chi connectivity index (χ4v) is 3.14. The van der Waals surface area contributed by atoms with Gasteiger partial charge in [0, 0.05) is 23.1 Å². The molecule has 1 aromatic carbocycles. The van der Waals surface area contributed by atoms with E-state index in [0.29, 0.717) is 29.0 Å². The maximum Gasteiger partial charge on any atom is 0.283 e. The Morgan fingerprint density at radius 2 is 1.97 bits per heavy atom. The fourth-order valence-electron chi connectivity index (χ4n) is 3.14. The maximum absolute atomic E-state index is 12.6. The van der Waals surface area contributed by atoms with Crippen molar-refractivity contribution < 1.29 is 18.4 Å². The Bertz CT molecular complexity index is 1140. The van der Waals surface area contributed by atoms with Gasteiger partial charge in [-0.25, -0.2) is 0 Å². The number of carbonyl (C=O) groups is 1.